The van der Waals surface area contributed by atoms with Crippen molar-refractivity contribution in [1.29, 1.82) is 0 Å². The van der Waals surface area contributed by atoms with Crippen LogP contribution in [0.4, 0.5) is 0 Å². The summed E-state index contributed by atoms with van der Waals surface area (Å²) in [4.78, 5) is 14.7. The summed E-state index contributed by atoms with van der Waals surface area (Å²) >= 11 is 0. The van der Waals surface area contributed by atoms with Crippen LogP contribution in [0.3, 0.4) is 0 Å². The summed E-state index contributed by atoms with van der Waals surface area (Å²) in [5, 5.41) is 12.8. The molecule has 1 aromatic heterocycles. The summed E-state index contributed by atoms with van der Waals surface area (Å²) < 4.78 is 1.73. The Labute approximate surface area is 89.1 Å². The summed E-state index contributed by atoms with van der Waals surface area (Å²) in [6, 6.07) is 0. The van der Waals surface area contributed by atoms with Gasteiger partial charge in [0, 0.05) is 25.8 Å². The standard InChI is InChI=1S/C10H17N3O2/c1-7(2)10-11-8(13(3)12-10)5-4-6-9(14)15/h7H,4-6H2,1-3H3,(H,14,15). The Balaban J connectivity index is 2.57. The molecular formula is C10H17N3O2. The lowest BCUT2D eigenvalue weighted by Gasteiger charge is -1.97. The molecule has 5 nitrogen and oxygen atoms in total. The first-order valence-corrected chi connectivity index (χ1v) is 5.12. The van der Waals surface area contributed by atoms with Crippen molar-refractivity contribution in [2.24, 2.45) is 7.05 Å². The first kappa shape index (κ1) is 11.7. The third kappa shape index (κ3) is 3.34. The number of aliphatic carboxylic acids is 1. The molecule has 0 aromatic carbocycles. The fourth-order valence-corrected chi connectivity index (χ4v) is 1.30. The molecule has 0 aliphatic rings. The smallest absolute Gasteiger partial charge is 0.303 e. The number of aromatic nitrogens is 3. The van der Waals surface area contributed by atoms with Crippen LogP contribution in [0.25, 0.3) is 0 Å². The lowest BCUT2D eigenvalue weighted by Crippen LogP contribution is -2.02. The molecule has 1 N–H and O–H groups in total. The average Bonchev–Trinajstić information content (AvgIpc) is 2.47. The van der Waals surface area contributed by atoms with E-state index in [1.165, 1.54) is 0 Å². The topological polar surface area (TPSA) is 68.0 Å². The van der Waals surface area contributed by atoms with E-state index in [0.29, 0.717) is 18.8 Å². The summed E-state index contributed by atoms with van der Waals surface area (Å²) in [5.41, 5.74) is 0. The second-order valence-electron chi connectivity index (χ2n) is 3.91. The van der Waals surface area contributed by atoms with Crippen LogP contribution in [0.1, 0.15) is 44.3 Å². The average molecular weight is 211 g/mol. The molecule has 0 bridgehead atoms. The maximum Gasteiger partial charge on any atom is 0.303 e. The van der Waals surface area contributed by atoms with E-state index in [4.69, 9.17) is 5.11 Å². The molecule has 0 saturated carbocycles. The van der Waals surface area contributed by atoms with Crippen LogP contribution in [0.2, 0.25) is 0 Å². The van der Waals surface area contributed by atoms with Gasteiger partial charge in [-0.3, -0.25) is 9.48 Å². The van der Waals surface area contributed by atoms with Gasteiger partial charge in [-0.2, -0.15) is 5.10 Å². The third-order valence-electron chi connectivity index (χ3n) is 2.18. The SMILES string of the molecule is CC(C)c1nc(CCCC(=O)O)n(C)n1. The molecule has 15 heavy (non-hydrogen) atoms. The molecule has 1 rings (SSSR count). The molecule has 1 aromatic rings. The number of hydrogen-bond donors (Lipinski definition) is 1. The molecule has 1 heterocycles. The molecule has 0 aliphatic carbocycles. The molecule has 0 unspecified atom stereocenters. The summed E-state index contributed by atoms with van der Waals surface area (Å²) in [6.07, 6.45) is 1.46. The Hall–Kier alpha value is -1.39. The molecule has 0 radical (unpaired) electrons. The third-order valence-corrected chi connectivity index (χ3v) is 2.18. The quantitative estimate of drug-likeness (QED) is 0.798. The van der Waals surface area contributed by atoms with Gasteiger partial charge >= 0.3 is 5.97 Å². The molecule has 0 spiro atoms. The molecule has 84 valence electrons. The van der Waals surface area contributed by atoms with Gasteiger partial charge in [-0.15, -0.1) is 0 Å². The van der Waals surface area contributed by atoms with Crippen molar-refractivity contribution in [3.8, 4) is 0 Å². The minimum atomic E-state index is -0.763. The zero-order valence-corrected chi connectivity index (χ0v) is 9.40. The van der Waals surface area contributed by atoms with E-state index in [1.807, 2.05) is 20.9 Å². The molecule has 5 heteroatoms. The molecule has 0 atom stereocenters. The number of hydrogen-bond acceptors (Lipinski definition) is 3. The maximum absolute atomic E-state index is 10.3. The Kier molecular flexibility index (Phi) is 3.82. The molecule has 0 fully saturated rings. The predicted molar refractivity (Wildman–Crippen MR) is 55.7 cm³/mol. The highest BCUT2D eigenvalue weighted by Gasteiger charge is 2.10. The highest BCUT2D eigenvalue weighted by Crippen LogP contribution is 2.10. The molecule has 0 aliphatic heterocycles. The van der Waals surface area contributed by atoms with Gasteiger partial charge in [-0.05, 0) is 6.42 Å². The number of carboxylic acid groups (broad SMARTS) is 1. The van der Waals surface area contributed by atoms with Gasteiger partial charge < -0.3 is 5.11 Å². The number of nitrogens with zero attached hydrogens (tertiary/aromatic N) is 3. The van der Waals surface area contributed by atoms with E-state index in [-0.39, 0.29) is 6.42 Å². The minimum absolute atomic E-state index is 0.184. The normalized spacial score (nSPS) is 10.9. The van der Waals surface area contributed by atoms with Gasteiger partial charge in [0.25, 0.3) is 0 Å². The first-order valence-electron chi connectivity index (χ1n) is 5.12. The van der Waals surface area contributed by atoms with Gasteiger partial charge in [0.15, 0.2) is 5.82 Å². The minimum Gasteiger partial charge on any atom is -0.481 e. The summed E-state index contributed by atoms with van der Waals surface area (Å²) in [7, 11) is 1.84. The van der Waals surface area contributed by atoms with Crippen molar-refractivity contribution in [2.45, 2.75) is 39.0 Å². The predicted octanol–water partition coefficient (Wildman–Crippen LogP) is 1.35. The lowest BCUT2D eigenvalue weighted by atomic mass is 10.2. The zero-order chi connectivity index (χ0) is 11.4. The van der Waals surface area contributed by atoms with Crippen molar-refractivity contribution in [3.63, 3.8) is 0 Å². The zero-order valence-electron chi connectivity index (χ0n) is 9.40. The van der Waals surface area contributed by atoms with Crippen LogP contribution in [0, 0.1) is 0 Å². The fourth-order valence-electron chi connectivity index (χ4n) is 1.30. The monoisotopic (exact) mass is 211 g/mol. The van der Waals surface area contributed by atoms with Gasteiger partial charge in [-0.1, -0.05) is 13.8 Å². The fraction of sp³-hybridized carbons (Fsp3) is 0.700. The second kappa shape index (κ2) is 4.91. The molecule has 0 amide bonds. The number of carbonyl (C=O) groups is 1. The van der Waals surface area contributed by atoms with Gasteiger partial charge in [0.05, 0.1) is 0 Å². The summed E-state index contributed by atoms with van der Waals surface area (Å²) in [5.74, 6) is 1.23. The van der Waals surface area contributed by atoms with Crippen LogP contribution in [-0.4, -0.2) is 25.8 Å². The maximum atomic E-state index is 10.3. The Morgan fingerprint density at radius 1 is 1.53 bits per heavy atom. The van der Waals surface area contributed by atoms with Crippen LogP contribution in [0.15, 0.2) is 0 Å². The van der Waals surface area contributed by atoms with E-state index in [2.05, 4.69) is 10.1 Å². The molecular weight excluding hydrogens is 194 g/mol. The van der Waals surface area contributed by atoms with E-state index in [0.717, 1.165) is 11.6 Å². The van der Waals surface area contributed by atoms with Crippen LogP contribution < -0.4 is 0 Å². The van der Waals surface area contributed by atoms with Crippen molar-refractivity contribution >= 4 is 5.97 Å². The number of carboxylic acids is 1. The van der Waals surface area contributed by atoms with Crippen LogP contribution in [-0.2, 0) is 18.3 Å². The van der Waals surface area contributed by atoms with E-state index in [1.54, 1.807) is 4.68 Å². The Morgan fingerprint density at radius 2 is 2.20 bits per heavy atom. The summed E-state index contributed by atoms with van der Waals surface area (Å²) in [6.45, 7) is 4.08. The molecule has 0 saturated heterocycles. The Bertz CT molecular complexity index is 344. The highest BCUT2D eigenvalue weighted by atomic mass is 16.4. The van der Waals surface area contributed by atoms with Crippen molar-refractivity contribution in [2.75, 3.05) is 0 Å². The van der Waals surface area contributed by atoms with Gasteiger partial charge in [-0.25, -0.2) is 4.98 Å². The highest BCUT2D eigenvalue weighted by molar-refractivity contribution is 5.66. The number of rotatable bonds is 5. The van der Waals surface area contributed by atoms with E-state index < -0.39 is 5.97 Å². The second-order valence-corrected chi connectivity index (χ2v) is 3.91. The van der Waals surface area contributed by atoms with E-state index >= 15 is 0 Å². The largest absolute Gasteiger partial charge is 0.481 e. The van der Waals surface area contributed by atoms with Crippen molar-refractivity contribution in [3.05, 3.63) is 11.6 Å². The van der Waals surface area contributed by atoms with Crippen molar-refractivity contribution < 1.29 is 9.90 Å². The number of aryl methyl sites for hydroxylation is 2. The van der Waals surface area contributed by atoms with Crippen LogP contribution in [0.5, 0.6) is 0 Å². The van der Waals surface area contributed by atoms with Crippen molar-refractivity contribution in [1.82, 2.24) is 14.8 Å². The van der Waals surface area contributed by atoms with Gasteiger partial charge in [0.1, 0.15) is 5.82 Å². The van der Waals surface area contributed by atoms with Gasteiger partial charge in [0.2, 0.25) is 0 Å². The van der Waals surface area contributed by atoms with Crippen LogP contribution >= 0.6 is 0 Å². The Morgan fingerprint density at radius 3 is 2.67 bits per heavy atom. The lowest BCUT2D eigenvalue weighted by molar-refractivity contribution is -0.137. The van der Waals surface area contributed by atoms with E-state index in [9.17, 15) is 4.79 Å². The first-order chi connectivity index (χ1) is 7.00.